The van der Waals surface area contributed by atoms with E-state index < -0.39 is 23.0 Å². The van der Waals surface area contributed by atoms with Crippen LogP contribution in [0.25, 0.3) is 0 Å². The van der Waals surface area contributed by atoms with E-state index in [2.05, 4.69) is 0 Å². The van der Waals surface area contributed by atoms with Crippen molar-refractivity contribution < 1.29 is 38.0 Å². The molecule has 6 atom stereocenters. The number of hydrogen-bond donors (Lipinski definition) is 2. The molecular formula is C23H28N2O8. The van der Waals surface area contributed by atoms with E-state index in [-0.39, 0.29) is 47.4 Å². The Morgan fingerprint density at radius 1 is 0.939 bits per heavy atom. The van der Waals surface area contributed by atoms with Gasteiger partial charge < -0.3 is 39.9 Å². The molecule has 5 fully saturated rings. The SMILES string of the molecule is NC(=O)c1ccc(C(N)=O)c(OC(CC2CO2)(CC2CO2)C2(CC3CO3)OC2CC2CO2)c1. The van der Waals surface area contributed by atoms with Gasteiger partial charge in [-0.2, -0.15) is 0 Å². The lowest BCUT2D eigenvalue weighted by molar-refractivity contribution is -0.0445. The van der Waals surface area contributed by atoms with Gasteiger partial charge >= 0.3 is 0 Å². The maximum absolute atomic E-state index is 12.2. The van der Waals surface area contributed by atoms with Gasteiger partial charge in [-0.3, -0.25) is 9.59 Å². The fourth-order valence-corrected chi connectivity index (χ4v) is 5.07. The molecule has 0 radical (unpaired) electrons. The zero-order chi connectivity index (χ0) is 22.8. The van der Waals surface area contributed by atoms with Crippen LogP contribution in [0.15, 0.2) is 18.2 Å². The molecule has 1 aromatic rings. The van der Waals surface area contributed by atoms with Gasteiger partial charge in [-0.1, -0.05) is 0 Å². The van der Waals surface area contributed by atoms with E-state index >= 15 is 0 Å². The van der Waals surface area contributed by atoms with Crippen LogP contribution in [0.2, 0.25) is 0 Å². The molecule has 5 heterocycles. The predicted molar refractivity (Wildman–Crippen MR) is 112 cm³/mol. The van der Waals surface area contributed by atoms with Crippen LogP contribution in [0.4, 0.5) is 0 Å². The van der Waals surface area contributed by atoms with Crippen LogP contribution < -0.4 is 16.2 Å². The summed E-state index contributed by atoms with van der Waals surface area (Å²) < 4.78 is 35.6. The quantitative estimate of drug-likeness (QED) is 0.398. The number of benzene rings is 1. The van der Waals surface area contributed by atoms with Crippen LogP contribution in [-0.2, 0) is 23.7 Å². The summed E-state index contributed by atoms with van der Waals surface area (Å²) in [5.41, 5.74) is 10.0. The smallest absolute Gasteiger partial charge is 0.252 e. The maximum atomic E-state index is 12.2. The molecule has 0 aromatic heterocycles. The molecule has 6 unspecified atom stereocenters. The number of hydrogen-bond acceptors (Lipinski definition) is 8. The van der Waals surface area contributed by atoms with Gasteiger partial charge in [0.25, 0.3) is 5.91 Å². The third kappa shape index (κ3) is 4.33. The summed E-state index contributed by atoms with van der Waals surface area (Å²) in [5, 5.41) is 0. The minimum atomic E-state index is -0.874. The number of primary amides is 2. The van der Waals surface area contributed by atoms with Gasteiger partial charge in [0.1, 0.15) is 17.0 Å². The molecule has 5 aliphatic heterocycles. The van der Waals surface area contributed by atoms with Crippen LogP contribution in [0.5, 0.6) is 5.75 Å². The van der Waals surface area contributed by atoms with E-state index in [1.807, 2.05) is 0 Å². The highest BCUT2D eigenvalue weighted by Crippen LogP contribution is 2.59. The molecule has 33 heavy (non-hydrogen) atoms. The van der Waals surface area contributed by atoms with Crippen molar-refractivity contribution in [2.24, 2.45) is 11.5 Å². The molecule has 10 heteroatoms. The van der Waals surface area contributed by atoms with Crippen molar-refractivity contribution in [2.45, 2.75) is 67.4 Å². The number of epoxide rings is 5. The van der Waals surface area contributed by atoms with Crippen molar-refractivity contribution in [1.82, 2.24) is 0 Å². The van der Waals surface area contributed by atoms with Crippen LogP contribution in [0, 0.1) is 0 Å². The Labute approximate surface area is 190 Å². The molecular weight excluding hydrogens is 432 g/mol. The van der Waals surface area contributed by atoms with Crippen LogP contribution in [0.3, 0.4) is 0 Å². The molecule has 6 rings (SSSR count). The normalized spacial score (nSPS) is 37.0. The molecule has 178 valence electrons. The zero-order valence-electron chi connectivity index (χ0n) is 18.2. The number of rotatable bonds is 13. The highest BCUT2D eigenvalue weighted by molar-refractivity contribution is 5.99. The van der Waals surface area contributed by atoms with Crippen molar-refractivity contribution in [2.75, 3.05) is 26.4 Å². The summed E-state index contributed by atoms with van der Waals surface area (Å²) in [7, 11) is 0. The molecule has 1 aromatic carbocycles. The van der Waals surface area contributed by atoms with Crippen molar-refractivity contribution >= 4 is 11.8 Å². The maximum Gasteiger partial charge on any atom is 0.252 e. The fourth-order valence-electron chi connectivity index (χ4n) is 5.07. The predicted octanol–water partition coefficient (Wildman–Crippen LogP) is 0.295. The van der Waals surface area contributed by atoms with Crippen molar-refractivity contribution in [3.63, 3.8) is 0 Å². The van der Waals surface area contributed by atoms with Gasteiger partial charge in [0.15, 0.2) is 0 Å². The Hall–Kier alpha value is -2.24. The number of nitrogens with two attached hydrogens (primary N) is 2. The molecule has 0 spiro atoms. The first-order chi connectivity index (χ1) is 15.9. The van der Waals surface area contributed by atoms with E-state index in [1.54, 1.807) is 0 Å². The van der Waals surface area contributed by atoms with E-state index in [1.165, 1.54) is 18.2 Å². The van der Waals surface area contributed by atoms with E-state index in [4.69, 9.17) is 39.9 Å². The monoisotopic (exact) mass is 460 g/mol. The lowest BCUT2D eigenvalue weighted by Gasteiger charge is -2.40. The van der Waals surface area contributed by atoms with Gasteiger partial charge in [-0.25, -0.2) is 0 Å². The highest BCUT2D eigenvalue weighted by Gasteiger charge is 2.73. The molecule has 4 N–H and O–H groups in total. The summed E-state index contributed by atoms with van der Waals surface area (Å²) >= 11 is 0. The lowest BCUT2D eigenvalue weighted by Crippen LogP contribution is -2.55. The second kappa shape index (κ2) is 7.64. The van der Waals surface area contributed by atoms with Gasteiger partial charge in [-0.05, 0) is 18.2 Å². The van der Waals surface area contributed by atoms with E-state index in [0.717, 1.165) is 13.0 Å². The molecule has 5 saturated heterocycles. The van der Waals surface area contributed by atoms with Gasteiger partial charge in [0, 0.05) is 31.2 Å². The lowest BCUT2D eigenvalue weighted by atomic mass is 9.74. The Morgan fingerprint density at radius 2 is 1.55 bits per heavy atom. The number of carbonyl (C=O) groups excluding carboxylic acids is 2. The fraction of sp³-hybridized carbons (Fsp3) is 0.652. The minimum Gasteiger partial charge on any atom is -0.483 e. The third-order valence-corrected chi connectivity index (χ3v) is 7.16. The summed E-state index contributed by atoms with van der Waals surface area (Å²) in [6.45, 7) is 2.67. The van der Waals surface area contributed by atoms with Crippen LogP contribution in [-0.4, -0.2) is 80.0 Å². The Bertz CT molecular complexity index is 955. The third-order valence-electron chi connectivity index (χ3n) is 7.16. The molecule has 5 aliphatic rings. The largest absolute Gasteiger partial charge is 0.483 e. The number of carbonyl (C=O) groups is 2. The van der Waals surface area contributed by atoms with Gasteiger partial charge in [-0.15, -0.1) is 0 Å². The van der Waals surface area contributed by atoms with E-state index in [0.29, 0.717) is 39.1 Å². The van der Waals surface area contributed by atoms with Crippen molar-refractivity contribution in [3.8, 4) is 5.75 Å². The second-order valence-electron chi connectivity index (χ2n) is 9.70. The van der Waals surface area contributed by atoms with Gasteiger partial charge in [0.2, 0.25) is 5.91 Å². The Kier molecular flexibility index (Phi) is 4.93. The topological polar surface area (TPSA) is 158 Å². The summed E-state index contributed by atoms with van der Waals surface area (Å²) in [6, 6.07) is 4.44. The Morgan fingerprint density at radius 3 is 2.06 bits per heavy atom. The first-order valence-corrected chi connectivity index (χ1v) is 11.4. The standard InChI is InChI=1S/C23H28N2O8/c24-20(26)12-1-2-17(21(25)27)18(3-12)32-22(5-14-9-29-14,6-15-10-30-15)23(7-16-11-31-16)19(33-23)4-13-8-28-13/h1-3,13-16,19H,4-11H2,(H2,24,26)(H2,25,27). The Balaban J connectivity index is 1.41. The van der Waals surface area contributed by atoms with Crippen LogP contribution >= 0.6 is 0 Å². The van der Waals surface area contributed by atoms with E-state index in [9.17, 15) is 9.59 Å². The van der Waals surface area contributed by atoms with Crippen molar-refractivity contribution in [1.29, 1.82) is 0 Å². The molecule has 0 bridgehead atoms. The highest BCUT2D eigenvalue weighted by atomic mass is 16.7. The first-order valence-electron chi connectivity index (χ1n) is 11.4. The van der Waals surface area contributed by atoms with Crippen LogP contribution in [0.1, 0.15) is 46.4 Å². The summed E-state index contributed by atoms with van der Waals surface area (Å²) in [5.74, 6) is -1.06. The molecule has 0 aliphatic carbocycles. The summed E-state index contributed by atoms with van der Waals surface area (Å²) in [6.07, 6.45) is 2.75. The zero-order valence-corrected chi connectivity index (χ0v) is 18.2. The molecule has 2 amide bonds. The summed E-state index contributed by atoms with van der Waals surface area (Å²) in [4.78, 5) is 24.1. The van der Waals surface area contributed by atoms with Crippen molar-refractivity contribution in [3.05, 3.63) is 29.3 Å². The second-order valence-corrected chi connectivity index (χ2v) is 9.70. The molecule has 0 saturated carbocycles. The number of ether oxygens (including phenoxy) is 6. The minimum absolute atomic E-state index is 0.0131. The van der Waals surface area contributed by atoms with Gasteiger partial charge in [0.05, 0.1) is 62.5 Å². The average Bonchev–Trinajstić information content (AvgIpc) is 3.55. The number of amides is 2. The first kappa shape index (κ1) is 21.3. The molecule has 10 nitrogen and oxygen atoms in total. The average molecular weight is 460 g/mol.